The van der Waals surface area contributed by atoms with Crippen LogP contribution in [0.4, 0.5) is 0 Å². The fraction of sp³-hybridized carbons (Fsp3) is 0.500. The van der Waals surface area contributed by atoms with Crippen molar-refractivity contribution in [2.24, 2.45) is 0 Å². The van der Waals surface area contributed by atoms with E-state index in [9.17, 15) is 9.59 Å². The number of hydrogen-bond acceptors (Lipinski definition) is 7. The van der Waals surface area contributed by atoms with Gasteiger partial charge in [0.2, 0.25) is 5.43 Å². The highest BCUT2D eigenvalue weighted by atomic mass is 16.7. The first-order chi connectivity index (χ1) is 15.7. The number of carbonyl (C=O) groups is 1. The maximum absolute atomic E-state index is 13.3. The Kier molecular flexibility index (Phi) is 6.65. The van der Waals surface area contributed by atoms with E-state index in [1.165, 1.54) is 0 Å². The minimum atomic E-state index is -0.652. The molecule has 2 aliphatic heterocycles. The first-order valence-electron chi connectivity index (χ1n) is 11.5. The fourth-order valence-electron chi connectivity index (χ4n) is 4.19. The number of nitrogens with zero attached hydrogens (tertiary/aromatic N) is 3. The third kappa shape index (κ3) is 4.85. The number of fused-ring (bicyclic) bond motifs is 1. The van der Waals surface area contributed by atoms with Crippen LogP contribution >= 0.6 is 0 Å². The molecule has 2 saturated heterocycles. The second-order valence-corrected chi connectivity index (χ2v) is 9.21. The van der Waals surface area contributed by atoms with Crippen LogP contribution in [0.25, 0.3) is 10.9 Å². The van der Waals surface area contributed by atoms with Crippen molar-refractivity contribution in [1.82, 2.24) is 14.4 Å². The molecule has 4 rings (SSSR count). The second-order valence-electron chi connectivity index (χ2n) is 9.21. The normalized spacial score (nSPS) is 19.2. The van der Waals surface area contributed by atoms with E-state index in [2.05, 4.69) is 23.4 Å². The average molecular weight is 453 g/mol. The van der Waals surface area contributed by atoms with Crippen LogP contribution in [-0.2, 0) is 20.6 Å². The molecule has 0 saturated carbocycles. The SMILES string of the molecule is C=C1OB(c2ccc3c(c2)c(=O)c(C(=O)OCC)cn3CCN2CCN(C)CC2)OC1(C)C. The molecule has 2 aliphatic rings. The van der Waals surface area contributed by atoms with Gasteiger partial charge in [0.25, 0.3) is 0 Å². The Morgan fingerprint density at radius 2 is 1.94 bits per heavy atom. The van der Waals surface area contributed by atoms with Crippen LogP contribution in [0.3, 0.4) is 0 Å². The van der Waals surface area contributed by atoms with E-state index >= 15 is 0 Å². The van der Waals surface area contributed by atoms with Crippen molar-refractivity contribution >= 4 is 29.5 Å². The smallest absolute Gasteiger partial charge is 0.534 e. The number of likely N-dealkylation sites (N-methyl/N-ethyl adjacent to an activating group) is 1. The average Bonchev–Trinajstić information content (AvgIpc) is 3.06. The van der Waals surface area contributed by atoms with Gasteiger partial charge in [0.05, 0.1) is 17.9 Å². The molecule has 2 aromatic rings. The van der Waals surface area contributed by atoms with Gasteiger partial charge in [-0.2, -0.15) is 0 Å². The van der Waals surface area contributed by atoms with Gasteiger partial charge in [-0.15, -0.1) is 0 Å². The number of esters is 1. The number of hydrogen-bond donors (Lipinski definition) is 0. The minimum absolute atomic E-state index is 0.0397. The number of aromatic nitrogens is 1. The summed E-state index contributed by atoms with van der Waals surface area (Å²) in [6.45, 7) is 15.2. The van der Waals surface area contributed by atoms with Crippen LogP contribution < -0.4 is 10.9 Å². The summed E-state index contributed by atoms with van der Waals surface area (Å²) in [6.07, 6.45) is 1.63. The van der Waals surface area contributed by atoms with Gasteiger partial charge >= 0.3 is 13.1 Å². The second kappa shape index (κ2) is 9.33. The molecule has 1 aromatic heterocycles. The van der Waals surface area contributed by atoms with Crippen molar-refractivity contribution in [3.8, 4) is 0 Å². The molecule has 9 heteroatoms. The standard InChI is InChI=1S/C24H32BN3O5/c1-6-31-23(30)20-16-28(14-13-27-11-9-26(5)10-12-27)21-8-7-18(15-19(21)22(20)29)25-32-17(2)24(3,4)33-25/h7-8,15-16H,2,6,9-14H2,1,3-5H3. The summed E-state index contributed by atoms with van der Waals surface area (Å²) in [5.41, 5.74) is 0.546. The molecule has 0 unspecified atom stereocenters. The molecule has 0 radical (unpaired) electrons. The van der Waals surface area contributed by atoms with Gasteiger partial charge in [-0.1, -0.05) is 12.6 Å². The van der Waals surface area contributed by atoms with E-state index in [-0.39, 0.29) is 17.6 Å². The third-order valence-corrected chi connectivity index (χ3v) is 6.45. The van der Waals surface area contributed by atoms with E-state index in [1.54, 1.807) is 19.2 Å². The Hall–Kier alpha value is -2.62. The Bertz CT molecular complexity index is 1120. The summed E-state index contributed by atoms with van der Waals surface area (Å²) in [5.74, 6) is -0.0662. The molecule has 176 valence electrons. The summed E-state index contributed by atoms with van der Waals surface area (Å²) in [7, 11) is 1.48. The van der Waals surface area contributed by atoms with Gasteiger partial charge in [0.15, 0.2) is 0 Å². The van der Waals surface area contributed by atoms with Crippen molar-refractivity contribution in [3.63, 3.8) is 0 Å². The summed E-state index contributed by atoms with van der Waals surface area (Å²) in [4.78, 5) is 30.5. The zero-order chi connectivity index (χ0) is 23.8. The van der Waals surface area contributed by atoms with Gasteiger partial charge in [-0.05, 0) is 45.4 Å². The third-order valence-electron chi connectivity index (χ3n) is 6.45. The van der Waals surface area contributed by atoms with Crippen molar-refractivity contribution < 1.29 is 18.8 Å². The van der Waals surface area contributed by atoms with Crippen molar-refractivity contribution in [2.75, 3.05) is 46.4 Å². The maximum Gasteiger partial charge on any atom is 0.563 e. The van der Waals surface area contributed by atoms with Gasteiger partial charge < -0.3 is 23.5 Å². The maximum atomic E-state index is 13.3. The molecule has 2 fully saturated rings. The largest absolute Gasteiger partial charge is 0.563 e. The van der Waals surface area contributed by atoms with E-state index in [0.29, 0.717) is 23.2 Å². The first kappa shape index (κ1) is 23.5. The number of ether oxygens (including phenoxy) is 1. The van der Waals surface area contributed by atoms with Crippen LogP contribution in [0.5, 0.6) is 0 Å². The van der Waals surface area contributed by atoms with Gasteiger partial charge in [-0.3, -0.25) is 9.69 Å². The van der Waals surface area contributed by atoms with Gasteiger partial charge in [0.1, 0.15) is 11.2 Å². The van der Waals surface area contributed by atoms with Crippen LogP contribution in [0.1, 0.15) is 31.1 Å². The van der Waals surface area contributed by atoms with E-state index in [4.69, 9.17) is 14.0 Å². The number of rotatable bonds is 6. The highest BCUT2D eigenvalue weighted by molar-refractivity contribution is 6.62. The zero-order valence-electron chi connectivity index (χ0n) is 19.9. The van der Waals surface area contributed by atoms with Gasteiger partial charge in [-0.25, -0.2) is 4.79 Å². The number of carbonyl (C=O) groups excluding carboxylic acids is 1. The first-order valence-corrected chi connectivity index (χ1v) is 11.5. The minimum Gasteiger partial charge on any atom is -0.534 e. The Balaban J connectivity index is 1.70. The van der Waals surface area contributed by atoms with Gasteiger partial charge in [0, 0.05) is 50.9 Å². The molecule has 0 atom stereocenters. The van der Waals surface area contributed by atoms with Crippen molar-refractivity contribution in [2.45, 2.75) is 32.9 Å². The van der Waals surface area contributed by atoms with Crippen LogP contribution in [0.2, 0.25) is 0 Å². The molecule has 33 heavy (non-hydrogen) atoms. The van der Waals surface area contributed by atoms with Crippen molar-refractivity contribution in [3.05, 3.63) is 52.5 Å². The predicted octanol–water partition coefficient (Wildman–Crippen LogP) is 1.46. The summed E-state index contributed by atoms with van der Waals surface area (Å²) in [5, 5.41) is 0.443. The highest BCUT2D eigenvalue weighted by Gasteiger charge is 2.42. The molecule has 0 spiro atoms. The molecular weight excluding hydrogens is 421 g/mol. The molecule has 0 aliphatic carbocycles. The molecule has 3 heterocycles. The van der Waals surface area contributed by atoms with E-state index in [1.807, 2.05) is 30.5 Å². The molecule has 0 amide bonds. The Morgan fingerprint density at radius 1 is 1.21 bits per heavy atom. The lowest BCUT2D eigenvalue weighted by molar-refractivity contribution is 0.0524. The molecule has 1 aromatic carbocycles. The molecular formula is C24H32BN3O5. The summed E-state index contributed by atoms with van der Waals surface area (Å²) < 4.78 is 18.9. The highest BCUT2D eigenvalue weighted by Crippen LogP contribution is 2.29. The lowest BCUT2D eigenvalue weighted by Crippen LogP contribution is -2.45. The Labute approximate surface area is 194 Å². The molecule has 0 N–H and O–H groups in total. The van der Waals surface area contributed by atoms with Crippen molar-refractivity contribution in [1.29, 1.82) is 0 Å². The lowest BCUT2D eigenvalue weighted by atomic mass is 9.78. The van der Waals surface area contributed by atoms with Crippen LogP contribution in [0.15, 0.2) is 41.5 Å². The fourth-order valence-corrected chi connectivity index (χ4v) is 4.19. The van der Waals surface area contributed by atoms with E-state index < -0.39 is 18.7 Å². The molecule has 8 nitrogen and oxygen atoms in total. The van der Waals surface area contributed by atoms with Crippen LogP contribution in [0, 0.1) is 0 Å². The number of pyridine rings is 1. The summed E-state index contributed by atoms with van der Waals surface area (Å²) >= 11 is 0. The summed E-state index contributed by atoms with van der Waals surface area (Å²) in [6, 6.07) is 5.55. The zero-order valence-corrected chi connectivity index (χ0v) is 19.9. The number of benzene rings is 1. The monoisotopic (exact) mass is 453 g/mol. The predicted molar refractivity (Wildman–Crippen MR) is 129 cm³/mol. The topological polar surface area (TPSA) is 73.2 Å². The number of piperazine rings is 1. The Morgan fingerprint density at radius 3 is 2.58 bits per heavy atom. The lowest BCUT2D eigenvalue weighted by Gasteiger charge is -2.32. The quantitative estimate of drug-likeness (QED) is 0.485. The van der Waals surface area contributed by atoms with E-state index in [0.717, 1.165) is 38.2 Å². The molecule has 0 bridgehead atoms. The van der Waals surface area contributed by atoms with Crippen LogP contribution in [-0.4, -0.2) is 79.4 Å².